The Hall–Kier alpha value is -8.61. The molecule has 0 fully saturated rings. The molecular formula is C57H35N5O. The maximum absolute atomic E-state index is 6.65. The Morgan fingerprint density at radius 1 is 0.286 bits per heavy atom. The maximum Gasteiger partial charge on any atom is 0.238 e. The number of hydrogen-bond donors (Lipinski definition) is 0. The van der Waals surface area contributed by atoms with Gasteiger partial charge in [-0.05, 0) is 89.0 Å². The maximum atomic E-state index is 6.65. The standard InChI is InChI=1S/C57H35N5O/c1-3-15-36(16-4-1)38-19-13-21-40(31-38)55-58-56(60-57(59-55)62-50-27-11-7-23-43(50)44-24-8-12-28-51(44)62)41-29-30-53-47(33-41)48-34-52-46(35-54(48)63-53)45-25-9-10-26-49(45)61(52)42-22-14-20-39(32-42)37-17-5-2-6-18-37/h1-35H. The fraction of sp³-hybridized carbons (Fsp3) is 0. The Kier molecular flexibility index (Phi) is 7.80. The molecule has 9 aromatic carbocycles. The van der Waals surface area contributed by atoms with Gasteiger partial charge in [0, 0.05) is 49.1 Å². The van der Waals surface area contributed by atoms with Gasteiger partial charge in [-0.3, -0.25) is 4.57 Å². The first-order valence-corrected chi connectivity index (χ1v) is 21.2. The van der Waals surface area contributed by atoms with Crippen LogP contribution in [0.25, 0.3) is 122 Å². The van der Waals surface area contributed by atoms with Crippen molar-refractivity contribution in [2.75, 3.05) is 0 Å². The van der Waals surface area contributed by atoms with Gasteiger partial charge >= 0.3 is 0 Å². The van der Waals surface area contributed by atoms with Crippen molar-refractivity contribution < 1.29 is 4.42 Å². The van der Waals surface area contributed by atoms with E-state index in [1.807, 2.05) is 12.1 Å². The number of furan rings is 1. The molecule has 63 heavy (non-hydrogen) atoms. The zero-order valence-electron chi connectivity index (χ0n) is 33.9. The topological polar surface area (TPSA) is 61.7 Å². The number of para-hydroxylation sites is 3. The van der Waals surface area contributed by atoms with E-state index in [4.69, 9.17) is 19.4 Å². The first-order chi connectivity index (χ1) is 31.2. The van der Waals surface area contributed by atoms with Gasteiger partial charge < -0.3 is 8.98 Å². The molecule has 0 saturated heterocycles. The van der Waals surface area contributed by atoms with Crippen molar-refractivity contribution in [1.82, 2.24) is 24.1 Å². The molecule has 0 aliphatic carbocycles. The molecule has 4 aromatic heterocycles. The highest BCUT2D eigenvalue weighted by atomic mass is 16.3. The smallest absolute Gasteiger partial charge is 0.238 e. The second kappa shape index (κ2) is 14.0. The Morgan fingerprint density at radius 3 is 1.46 bits per heavy atom. The lowest BCUT2D eigenvalue weighted by Crippen LogP contribution is -2.06. The average molecular weight is 806 g/mol. The number of rotatable bonds is 6. The van der Waals surface area contributed by atoms with Gasteiger partial charge in [0.25, 0.3) is 0 Å². The molecule has 0 bridgehead atoms. The molecule has 0 amide bonds. The summed E-state index contributed by atoms with van der Waals surface area (Å²) in [5.41, 5.74) is 13.4. The third kappa shape index (κ3) is 5.69. The van der Waals surface area contributed by atoms with Gasteiger partial charge in [0.05, 0.1) is 22.1 Å². The summed E-state index contributed by atoms with van der Waals surface area (Å²) in [5, 5.41) is 6.61. The highest BCUT2D eigenvalue weighted by Crippen LogP contribution is 2.40. The predicted molar refractivity (Wildman–Crippen MR) is 258 cm³/mol. The molecule has 0 radical (unpaired) electrons. The molecule has 13 rings (SSSR count). The molecular weight excluding hydrogens is 771 g/mol. The summed E-state index contributed by atoms with van der Waals surface area (Å²) in [7, 11) is 0. The lowest BCUT2D eigenvalue weighted by atomic mass is 10.0. The highest BCUT2D eigenvalue weighted by Gasteiger charge is 2.21. The van der Waals surface area contributed by atoms with Crippen molar-refractivity contribution in [1.29, 1.82) is 0 Å². The second-order valence-electron chi connectivity index (χ2n) is 16.0. The lowest BCUT2D eigenvalue weighted by molar-refractivity contribution is 0.669. The van der Waals surface area contributed by atoms with Gasteiger partial charge in [0.2, 0.25) is 5.95 Å². The van der Waals surface area contributed by atoms with Crippen molar-refractivity contribution in [3.8, 4) is 56.7 Å². The third-order valence-electron chi connectivity index (χ3n) is 12.4. The van der Waals surface area contributed by atoms with Crippen LogP contribution in [0.1, 0.15) is 0 Å². The van der Waals surface area contributed by atoms with Crippen LogP contribution >= 0.6 is 0 Å². The molecule has 294 valence electrons. The van der Waals surface area contributed by atoms with Gasteiger partial charge in [0.1, 0.15) is 11.2 Å². The summed E-state index contributed by atoms with van der Waals surface area (Å²) in [6.45, 7) is 0. The van der Waals surface area contributed by atoms with Gasteiger partial charge in [-0.25, -0.2) is 4.98 Å². The summed E-state index contributed by atoms with van der Waals surface area (Å²) >= 11 is 0. The minimum absolute atomic E-state index is 0.554. The molecule has 0 unspecified atom stereocenters. The fourth-order valence-corrected chi connectivity index (χ4v) is 9.44. The molecule has 0 aliphatic heterocycles. The van der Waals surface area contributed by atoms with Crippen LogP contribution in [-0.4, -0.2) is 24.1 Å². The van der Waals surface area contributed by atoms with Crippen molar-refractivity contribution in [3.05, 3.63) is 212 Å². The third-order valence-corrected chi connectivity index (χ3v) is 12.4. The molecule has 13 aromatic rings. The molecule has 0 aliphatic rings. The van der Waals surface area contributed by atoms with Crippen molar-refractivity contribution >= 4 is 65.6 Å². The number of fused-ring (bicyclic) bond motifs is 9. The van der Waals surface area contributed by atoms with Crippen LogP contribution in [0.4, 0.5) is 0 Å². The van der Waals surface area contributed by atoms with E-state index < -0.39 is 0 Å². The highest BCUT2D eigenvalue weighted by molar-refractivity contribution is 6.17. The van der Waals surface area contributed by atoms with Crippen LogP contribution in [0.3, 0.4) is 0 Å². The van der Waals surface area contributed by atoms with Crippen molar-refractivity contribution in [2.45, 2.75) is 0 Å². The summed E-state index contributed by atoms with van der Waals surface area (Å²) in [5.74, 6) is 1.72. The van der Waals surface area contributed by atoms with E-state index in [9.17, 15) is 0 Å². The van der Waals surface area contributed by atoms with Gasteiger partial charge in [-0.15, -0.1) is 0 Å². The van der Waals surface area contributed by atoms with E-state index >= 15 is 0 Å². The van der Waals surface area contributed by atoms with E-state index in [2.05, 4.69) is 209 Å². The Labute approximate surface area is 361 Å². The molecule has 4 heterocycles. The van der Waals surface area contributed by atoms with Crippen LogP contribution in [-0.2, 0) is 0 Å². The molecule has 0 spiro atoms. The number of hydrogen-bond acceptors (Lipinski definition) is 4. The first-order valence-electron chi connectivity index (χ1n) is 21.2. The van der Waals surface area contributed by atoms with Gasteiger partial charge in [-0.2, -0.15) is 9.97 Å². The van der Waals surface area contributed by atoms with Crippen LogP contribution < -0.4 is 0 Å². The number of benzene rings is 9. The predicted octanol–water partition coefficient (Wildman–Crippen LogP) is 14.6. The molecule has 0 N–H and O–H groups in total. The van der Waals surface area contributed by atoms with E-state index in [1.54, 1.807) is 0 Å². The van der Waals surface area contributed by atoms with Crippen LogP contribution in [0.5, 0.6) is 0 Å². The summed E-state index contributed by atoms with van der Waals surface area (Å²) < 4.78 is 11.2. The van der Waals surface area contributed by atoms with Crippen molar-refractivity contribution in [3.63, 3.8) is 0 Å². The Bertz CT molecular complexity index is 3860. The number of nitrogens with zero attached hydrogens (tertiary/aromatic N) is 5. The normalized spacial score (nSPS) is 11.8. The molecule has 6 nitrogen and oxygen atoms in total. The number of aromatic nitrogens is 5. The van der Waals surface area contributed by atoms with E-state index in [0.717, 1.165) is 88.1 Å². The average Bonchev–Trinajstić information content (AvgIpc) is 4.00. The molecule has 0 atom stereocenters. The van der Waals surface area contributed by atoms with Crippen LogP contribution in [0.2, 0.25) is 0 Å². The van der Waals surface area contributed by atoms with Gasteiger partial charge in [0.15, 0.2) is 11.6 Å². The van der Waals surface area contributed by atoms with E-state index in [-0.39, 0.29) is 0 Å². The minimum Gasteiger partial charge on any atom is -0.456 e. The summed E-state index contributed by atoms with van der Waals surface area (Å²) in [4.78, 5) is 15.8. The quantitative estimate of drug-likeness (QED) is 0.168. The van der Waals surface area contributed by atoms with E-state index in [1.165, 1.54) is 16.5 Å². The SMILES string of the molecule is c1ccc(-c2cccc(-c3nc(-c4ccc5oc6cc7c8ccccc8n(-c8cccc(-c9ccccc9)c8)c7cc6c5c4)nc(-n4c5ccccc5c5ccccc54)n3)c2)cc1. The van der Waals surface area contributed by atoms with Crippen molar-refractivity contribution in [2.24, 2.45) is 0 Å². The Morgan fingerprint density at radius 2 is 0.794 bits per heavy atom. The summed E-state index contributed by atoms with van der Waals surface area (Å²) in [6, 6.07) is 74.5. The first kappa shape index (κ1) is 35.2. The minimum atomic E-state index is 0.554. The second-order valence-corrected chi connectivity index (χ2v) is 16.0. The zero-order chi connectivity index (χ0) is 41.4. The van der Waals surface area contributed by atoms with Crippen LogP contribution in [0.15, 0.2) is 217 Å². The molecule has 6 heteroatoms. The monoisotopic (exact) mass is 805 g/mol. The summed E-state index contributed by atoms with van der Waals surface area (Å²) in [6.07, 6.45) is 0. The zero-order valence-corrected chi connectivity index (χ0v) is 33.9. The molecule has 0 saturated carbocycles. The lowest BCUT2D eigenvalue weighted by Gasteiger charge is -2.12. The van der Waals surface area contributed by atoms with Crippen LogP contribution in [0, 0.1) is 0 Å². The Balaban J connectivity index is 1.03. The largest absolute Gasteiger partial charge is 0.456 e. The van der Waals surface area contributed by atoms with Gasteiger partial charge in [-0.1, -0.05) is 146 Å². The van der Waals surface area contributed by atoms with E-state index in [0.29, 0.717) is 17.6 Å². The fourth-order valence-electron chi connectivity index (χ4n) is 9.44.